The molecule has 21 heavy (non-hydrogen) atoms. The molecule has 1 amide bonds. The lowest BCUT2D eigenvalue weighted by molar-refractivity contribution is -0.150. The van der Waals surface area contributed by atoms with Crippen molar-refractivity contribution in [2.24, 2.45) is 0 Å². The first kappa shape index (κ1) is 17.7. The van der Waals surface area contributed by atoms with Crippen LogP contribution in [0.5, 0.6) is 0 Å². The summed E-state index contributed by atoms with van der Waals surface area (Å²) in [7, 11) is 1.43. The van der Waals surface area contributed by atoms with Crippen molar-refractivity contribution in [1.29, 1.82) is 0 Å². The van der Waals surface area contributed by atoms with Crippen LogP contribution in [0, 0.1) is 3.57 Å². The van der Waals surface area contributed by atoms with Gasteiger partial charge in [-0.2, -0.15) is 0 Å². The number of halogens is 1. The predicted molar refractivity (Wildman–Crippen MR) is 88.1 cm³/mol. The van der Waals surface area contributed by atoms with Gasteiger partial charge in [0.2, 0.25) is 0 Å². The Hall–Kier alpha value is -1.31. The van der Waals surface area contributed by atoms with E-state index in [-0.39, 0.29) is 0 Å². The third-order valence-corrected chi connectivity index (χ3v) is 3.88. The van der Waals surface area contributed by atoms with E-state index >= 15 is 0 Å². The molecule has 0 radical (unpaired) electrons. The summed E-state index contributed by atoms with van der Waals surface area (Å²) in [4.78, 5) is 25.1. The molecule has 6 heteroatoms. The molecule has 1 aromatic carbocycles. The second-order valence-electron chi connectivity index (χ2n) is 5.92. The van der Waals surface area contributed by atoms with Gasteiger partial charge in [-0.15, -0.1) is 0 Å². The number of hydrogen-bond donors (Lipinski definition) is 1. The summed E-state index contributed by atoms with van der Waals surface area (Å²) in [5.74, 6) is -1.11. The number of likely N-dealkylation sites (N-methyl/N-ethyl adjacent to an activating group) is 1. The first-order valence-electron chi connectivity index (χ1n) is 6.44. The van der Waals surface area contributed by atoms with Gasteiger partial charge in [0.15, 0.2) is 5.54 Å². The van der Waals surface area contributed by atoms with E-state index in [2.05, 4.69) is 22.6 Å². The number of nitrogens with zero attached hydrogens (tertiary/aromatic N) is 1. The maximum absolute atomic E-state index is 12.2. The molecule has 1 rings (SSSR count). The molecule has 1 N–H and O–H groups in total. The highest BCUT2D eigenvalue weighted by Gasteiger charge is 2.43. The van der Waals surface area contributed by atoms with Crippen molar-refractivity contribution in [3.8, 4) is 0 Å². The minimum atomic E-state index is -1.49. The number of ether oxygens (including phenoxy) is 1. The largest absolute Gasteiger partial charge is 0.479 e. The molecule has 0 aliphatic carbocycles. The minimum absolute atomic E-state index is 0.517. The number of carbonyl (C=O) groups excluding carboxylic acids is 1. The van der Waals surface area contributed by atoms with Gasteiger partial charge >= 0.3 is 12.1 Å². The van der Waals surface area contributed by atoms with E-state index in [0.29, 0.717) is 5.56 Å². The van der Waals surface area contributed by atoms with Crippen LogP contribution in [-0.4, -0.2) is 34.7 Å². The summed E-state index contributed by atoms with van der Waals surface area (Å²) < 4.78 is 6.25. The number of rotatable bonds is 3. The molecule has 1 aromatic rings. The zero-order valence-electron chi connectivity index (χ0n) is 12.8. The van der Waals surface area contributed by atoms with Crippen LogP contribution in [0.3, 0.4) is 0 Å². The summed E-state index contributed by atoms with van der Waals surface area (Å²) in [6.45, 7) is 6.70. The normalized spacial score (nSPS) is 14.2. The topological polar surface area (TPSA) is 66.8 Å². The van der Waals surface area contributed by atoms with Crippen LogP contribution in [0.1, 0.15) is 33.3 Å². The van der Waals surface area contributed by atoms with E-state index in [1.807, 2.05) is 0 Å². The Kier molecular flexibility index (Phi) is 5.25. The highest BCUT2D eigenvalue weighted by Crippen LogP contribution is 2.29. The van der Waals surface area contributed by atoms with Crippen molar-refractivity contribution in [3.05, 3.63) is 33.4 Å². The molecule has 0 spiro atoms. The van der Waals surface area contributed by atoms with Crippen LogP contribution in [0.4, 0.5) is 4.79 Å². The molecule has 116 valence electrons. The average molecular weight is 405 g/mol. The predicted octanol–water partition coefficient (Wildman–Crippen LogP) is 3.46. The fourth-order valence-corrected chi connectivity index (χ4v) is 2.11. The van der Waals surface area contributed by atoms with Crippen molar-refractivity contribution in [2.75, 3.05) is 7.05 Å². The van der Waals surface area contributed by atoms with Gasteiger partial charge in [-0.25, -0.2) is 9.59 Å². The Morgan fingerprint density at radius 2 is 1.62 bits per heavy atom. The van der Waals surface area contributed by atoms with Crippen molar-refractivity contribution in [3.63, 3.8) is 0 Å². The zero-order valence-corrected chi connectivity index (χ0v) is 15.0. The molecule has 1 unspecified atom stereocenters. The molecule has 0 bridgehead atoms. The van der Waals surface area contributed by atoms with Crippen molar-refractivity contribution in [2.45, 2.75) is 38.8 Å². The highest BCUT2D eigenvalue weighted by molar-refractivity contribution is 14.1. The van der Waals surface area contributed by atoms with Crippen molar-refractivity contribution >= 4 is 34.7 Å². The fourth-order valence-electron chi connectivity index (χ4n) is 1.75. The van der Waals surface area contributed by atoms with Gasteiger partial charge < -0.3 is 9.84 Å². The van der Waals surface area contributed by atoms with E-state index in [9.17, 15) is 14.7 Å². The van der Waals surface area contributed by atoms with Gasteiger partial charge in [0.05, 0.1) is 0 Å². The summed E-state index contributed by atoms with van der Waals surface area (Å²) in [6, 6.07) is 7.02. The van der Waals surface area contributed by atoms with E-state index < -0.39 is 23.2 Å². The summed E-state index contributed by atoms with van der Waals surface area (Å²) in [5.41, 5.74) is -1.66. The zero-order chi connectivity index (χ0) is 16.4. The van der Waals surface area contributed by atoms with Crippen LogP contribution in [0.15, 0.2) is 24.3 Å². The molecule has 0 saturated carbocycles. The first-order valence-corrected chi connectivity index (χ1v) is 7.52. The van der Waals surface area contributed by atoms with Gasteiger partial charge in [0.25, 0.3) is 0 Å². The van der Waals surface area contributed by atoms with Gasteiger partial charge in [0.1, 0.15) is 5.60 Å². The quantitative estimate of drug-likeness (QED) is 0.783. The minimum Gasteiger partial charge on any atom is -0.479 e. The van der Waals surface area contributed by atoms with Crippen LogP contribution < -0.4 is 0 Å². The lowest BCUT2D eigenvalue weighted by Crippen LogP contribution is -2.52. The van der Waals surface area contributed by atoms with Crippen LogP contribution in [0.25, 0.3) is 0 Å². The third kappa shape index (κ3) is 4.09. The highest BCUT2D eigenvalue weighted by atomic mass is 127. The summed E-state index contributed by atoms with van der Waals surface area (Å²) >= 11 is 2.14. The number of carbonyl (C=O) groups is 2. The Morgan fingerprint density at radius 3 is 2.00 bits per heavy atom. The van der Waals surface area contributed by atoms with Crippen molar-refractivity contribution in [1.82, 2.24) is 4.90 Å². The summed E-state index contributed by atoms with van der Waals surface area (Å²) in [6.07, 6.45) is -0.675. The van der Waals surface area contributed by atoms with E-state index in [0.717, 1.165) is 8.47 Å². The average Bonchev–Trinajstić information content (AvgIpc) is 2.35. The SMILES string of the molecule is CN(C(=O)OC(C)(C)C)C(C)(C(=O)O)c1ccc(I)cc1. The van der Waals surface area contributed by atoms with Gasteiger partial charge in [0, 0.05) is 10.6 Å². The number of aliphatic carboxylic acids is 1. The van der Waals surface area contributed by atoms with Gasteiger partial charge in [-0.3, -0.25) is 4.90 Å². The maximum Gasteiger partial charge on any atom is 0.411 e. The molecule has 0 aromatic heterocycles. The lowest BCUT2D eigenvalue weighted by Gasteiger charge is -2.36. The molecule has 1 atom stereocenters. The number of hydrogen-bond acceptors (Lipinski definition) is 3. The number of carboxylic acid groups (broad SMARTS) is 1. The monoisotopic (exact) mass is 405 g/mol. The van der Waals surface area contributed by atoms with Crippen LogP contribution in [-0.2, 0) is 15.1 Å². The molecule has 0 fully saturated rings. The second-order valence-corrected chi connectivity index (χ2v) is 7.17. The maximum atomic E-state index is 12.2. The number of carboxylic acids is 1. The first-order chi connectivity index (χ1) is 9.48. The standard InChI is InChI=1S/C15H20INO4/c1-14(2,3)21-13(20)17(5)15(4,12(18)19)10-6-8-11(16)9-7-10/h6-9H,1-5H3,(H,18,19). The molecule has 0 aliphatic heterocycles. The van der Waals surface area contributed by atoms with Gasteiger partial charge in [-0.05, 0) is 68.0 Å². The Balaban J connectivity index is 3.19. The Labute approximate surface area is 138 Å². The van der Waals surface area contributed by atoms with Crippen LogP contribution >= 0.6 is 22.6 Å². The molecule has 5 nitrogen and oxygen atoms in total. The Bertz CT molecular complexity index is 536. The number of benzene rings is 1. The molecule has 0 aliphatic rings. The lowest BCUT2D eigenvalue weighted by atomic mass is 9.91. The van der Waals surface area contributed by atoms with Crippen LogP contribution in [0.2, 0.25) is 0 Å². The fraction of sp³-hybridized carbons (Fsp3) is 0.467. The summed E-state index contributed by atoms with van der Waals surface area (Å²) in [5, 5.41) is 9.62. The van der Waals surface area contributed by atoms with Crippen molar-refractivity contribution < 1.29 is 19.4 Å². The number of amides is 1. The molecular formula is C15H20INO4. The molecule has 0 saturated heterocycles. The Morgan fingerprint density at radius 1 is 1.14 bits per heavy atom. The van der Waals surface area contributed by atoms with Gasteiger partial charge in [-0.1, -0.05) is 12.1 Å². The molecular weight excluding hydrogens is 385 g/mol. The molecule has 0 heterocycles. The van der Waals surface area contributed by atoms with E-state index in [4.69, 9.17) is 4.74 Å². The third-order valence-electron chi connectivity index (χ3n) is 3.16. The smallest absolute Gasteiger partial charge is 0.411 e. The van der Waals surface area contributed by atoms with E-state index in [1.54, 1.807) is 45.0 Å². The van der Waals surface area contributed by atoms with E-state index in [1.165, 1.54) is 14.0 Å². The second kappa shape index (κ2) is 6.21.